The number of anilines is 5. The van der Waals surface area contributed by atoms with Gasteiger partial charge in [-0.15, -0.1) is 0 Å². The topological polar surface area (TPSA) is 24.9 Å². The van der Waals surface area contributed by atoms with E-state index in [1.54, 1.807) is 0 Å². The van der Waals surface area contributed by atoms with Gasteiger partial charge in [-0.3, -0.25) is 0 Å². The van der Waals surface area contributed by atoms with Gasteiger partial charge < -0.3 is 19.3 Å². The lowest BCUT2D eigenvalue weighted by molar-refractivity contribution is 0.421. The van der Waals surface area contributed by atoms with Crippen LogP contribution in [0.4, 0.5) is 28.4 Å². The third kappa shape index (κ3) is 5.25. The molecule has 0 unspecified atom stereocenters. The lowest BCUT2D eigenvalue weighted by Crippen LogP contribution is -2.28. The van der Waals surface area contributed by atoms with Crippen LogP contribution in [0.25, 0.3) is 45.2 Å². The smallest absolute Gasteiger partial charge is 0.151 e. The van der Waals surface area contributed by atoms with E-state index in [1.165, 1.54) is 66.5 Å². The first-order chi connectivity index (χ1) is 32.2. The van der Waals surface area contributed by atoms with E-state index < -0.39 is 5.41 Å². The number of benzene rings is 9. The summed E-state index contributed by atoms with van der Waals surface area (Å²) in [5, 5.41) is 2.38. The van der Waals surface area contributed by atoms with E-state index in [2.05, 4.69) is 204 Å². The first-order valence-corrected chi connectivity index (χ1v) is 22.5. The van der Waals surface area contributed by atoms with E-state index in [0.717, 1.165) is 69.8 Å². The number of nitrogens with zero attached hydrogens (tertiary/aromatic N) is 2. The lowest BCUT2D eigenvalue weighted by atomic mass is 9.70. The van der Waals surface area contributed by atoms with E-state index in [1.807, 2.05) is 24.3 Å². The summed E-state index contributed by atoms with van der Waals surface area (Å²) in [6.07, 6.45) is 10.8. The summed E-state index contributed by atoms with van der Waals surface area (Å²) in [4.78, 5) is 4.74. The summed E-state index contributed by atoms with van der Waals surface area (Å²) < 4.78 is 12.8. The van der Waals surface area contributed by atoms with Gasteiger partial charge in [-0.2, -0.15) is 0 Å². The molecule has 2 aliphatic heterocycles. The summed E-state index contributed by atoms with van der Waals surface area (Å²) in [7, 11) is 0. The first kappa shape index (κ1) is 36.2. The Morgan fingerprint density at radius 1 is 0.415 bits per heavy atom. The van der Waals surface area contributed by atoms with Crippen LogP contribution in [0.2, 0.25) is 0 Å². The van der Waals surface area contributed by atoms with Crippen LogP contribution in [0.1, 0.15) is 46.2 Å². The van der Waals surface area contributed by atoms with E-state index in [4.69, 9.17) is 9.47 Å². The quantitative estimate of drug-likeness (QED) is 0.165. The lowest BCUT2D eigenvalue weighted by Gasteiger charge is -2.36. The second kappa shape index (κ2) is 13.8. The third-order valence-electron chi connectivity index (χ3n) is 14.1. The molecule has 0 saturated heterocycles. The van der Waals surface area contributed by atoms with Crippen LogP contribution >= 0.6 is 0 Å². The van der Waals surface area contributed by atoms with Crippen molar-refractivity contribution in [3.05, 3.63) is 251 Å². The average molecular weight is 833 g/mol. The van der Waals surface area contributed by atoms with E-state index in [-0.39, 0.29) is 0 Å². The number of ether oxygens (including phenoxy) is 2. The Hall–Kier alpha value is -8.34. The van der Waals surface area contributed by atoms with Crippen molar-refractivity contribution in [1.29, 1.82) is 0 Å². The maximum Gasteiger partial charge on any atom is 0.151 e. The Bertz CT molecular complexity index is 3500. The van der Waals surface area contributed by atoms with Gasteiger partial charge >= 0.3 is 0 Å². The highest BCUT2D eigenvalue weighted by atomic mass is 16.5. The van der Waals surface area contributed by atoms with Crippen LogP contribution in [0.15, 0.2) is 218 Å². The molecule has 306 valence electrons. The second-order valence-electron chi connectivity index (χ2n) is 17.5. The third-order valence-corrected chi connectivity index (χ3v) is 14.1. The molecule has 3 aliphatic carbocycles. The van der Waals surface area contributed by atoms with Gasteiger partial charge in [-0.1, -0.05) is 140 Å². The van der Waals surface area contributed by atoms with Crippen LogP contribution < -0.4 is 19.3 Å². The molecule has 4 nitrogen and oxygen atoms in total. The Morgan fingerprint density at radius 3 is 1.65 bits per heavy atom. The predicted octanol–water partition coefficient (Wildman–Crippen LogP) is 16.0. The molecule has 4 heteroatoms. The Kier molecular flexibility index (Phi) is 7.70. The van der Waals surface area contributed by atoms with Gasteiger partial charge in [-0.05, 0) is 158 Å². The van der Waals surface area contributed by atoms with Crippen LogP contribution in [0, 0.1) is 0 Å². The Morgan fingerprint density at radius 2 is 0.923 bits per heavy atom. The first-order valence-electron chi connectivity index (χ1n) is 22.5. The molecule has 65 heavy (non-hydrogen) atoms. The molecule has 0 bridgehead atoms. The number of hydrogen-bond donors (Lipinski definition) is 0. The summed E-state index contributed by atoms with van der Waals surface area (Å²) in [6, 6.07) is 70.8. The molecule has 9 aromatic carbocycles. The van der Waals surface area contributed by atoms with Crippen molar-refractivity contribution in [2.45, 2.75) is 18.3 Å². The molecule has 0 fully saturated rings. The van der Waals surface area contributed by atoms with Crippen molar-refractivity contribution >= 4 is 51.4 Å². The van der Waals surface area contributed by atoms with Crippen molar-refractivity contribution < 1.29 is 9.47 Å². The molecule has 9 aromatic rings. The minimum absolute atomic E-state index is 0.491. The fraction of sp³-hybridized carbons (Fsp3) is 0.0492. The number of rotatable bonds is 4. The van der Waals surface area contributed by atoms with Crippen LogP contribution in [0.3, 0.4) is 0 Å². The van der Waals surface area contributed by atoms with Gasteiger partial charge in [0.1, 0.15) is 5.76 Å². The molecule has 0 saturated carbocycles. The monoisotopic (exact) mass is 832 g/mol. The largest absolute Gasteiger partial charge is 0.453 e. The molecule has 14 rings (SSSR count). The predicted molar refractivity (Wildman–Crippen MR) is 265 cm³/mol. The standard InChI is InChI=1S/C61H40N2O2/c1-3-15-49-45(13-1)46-14-2-4-16-50(46)61(49)51-36-40(28-33-47(51)48-34-32-44(38-52(48)61)63-55-19-7-11-23-59(55)65-60-24-12-8-20-56(60)63)26-25-39-27-29-42-37-43(31-30-41(42)35-39)62-53-17-5-9-21-57(53)64-58-22-10-6-18-54(58)62/h1-7,9-19,21-38H,8,20H2/b26-25+. The summed E-state index contributed by atoms with van der Waals surface area (Å²) in [5.74, 6) is 3.52. The Labute approximate surface area is 377 Å². The summed E-state index contributed by atoms with van der Waals surface area (Å²) in [6.45, 7) is 0. The van der Waals surface area contributed by atoms with Crippen molar-refractivity contribution in [2.24, 2.45) is 0 Å². The van der Waals surface area contributed by atoms with Crippen molar-refractivity contribution in [2.75, 3.05) is 9.80 Å². The molecule has 0 atom stereocenters. The van der Waals surface area contributed by atoms with Gasteiger partial charge in [0.15, 0.2) is 17.2 Å². The number of allylic oxidation sites excluding steroid dienone is 3. The maximum atomic E-state index is 6.49. The fourth-order valence-electron chi connectivity index (χ4n) is 11.3. The fourth-order valence-corrected chi connectivity index (χ4v) is 11.3. The zero-order chi connectivity index (χ0) is 42.6. The highest BCUT2D eigenvalue weighted by Gasteiger charge is 2.52. The maximum absolute atomic E-state index is 6.49. The summed E-state index contributed by atoms with van der Waals surface area (Å²) >= 11 is 0. The number of fused-ring (bicyclic) bond motifs is 14. The Balaban J connectivity index is 0.870. The average Bonchev–Trinajstić information content (AvgIpc) is 3.83. The van der Waals surface area contributed by atoms with Gasteiger partial charge in [0.2, 0.25) is 0 Å². The highest BCUT2D eigenvalue weighted by Crippen LogP contribution is 2.64. The molecule has 5 aliphatic rings. The zero-order valence-electron chi connectivity index (χ0n) is 35.4. The van der Waals surface area contributed by atoms with Gasteiger partial charge in [0.25, 0.3) is 0 Å². The molecule has 1 spiro atoms. The molecule has 0 N–H and O–H groups in total. The minimum Gasteiger partial charge on any atom is -0.453 e. The van der Waals surface area contributed by atoms with Gasteiger partial charge in [0, 0.05) is 11.4 Å². The molecular formula is C61H40N2O2. The van der Waals surface area contributed by atoms with E-state index >= 15 is 0 Å². The SMILES string of the molecule is C1=CC2=C(CC1)N(c1ccc3c(c1)C1(c4ccccc4-c4ccccc41)c1cc(/C=C/c4ccc5cc(N6c7ccccc7Oc7ccccc76)ccc5c4)ccc1-3)c1ccccc1O2. The number of hydrogen-bond acceptors (Lipinski definition) is 4. The van der Waals surface area contributed by atoms with E-state index in [9.17, 15) is 0 Å². The molecule has 0 aromatic heterocycles. The molecule has 2 heterocycles. The minimum atomic E-state index is -0.491. The van der Waals surface area contributed by atoms with Crippen molar-refractivity contribution in [3.8, 4) is 39.5 Å². The van der Waals surface area contributed by atoms with Crippen molar-refractivity contribution in [3.63, 3.8) is 0 Å². The zero-order valence-corrected chi connectivity index (χ0v) is 35.4. The van der Waals surface area contributed by atoms with Crippen LogP contribution in [-0.2, 0) is 5.41 Å². The van der Waals surface area contributed by atoms with Gasteiger partial charge in [-0.25, -0.2) is 0 Å². The van der Waals surface area contributed by atoms with Crippen LogP contribution in [-0.4, -0.2) is 0 Å². The van der Waals surface area contributed by atoms with Crippen molar-refractivity contribution in [1.82, 2.24) is 0 Å². The highest BCUT2D eigenvalue weighted by molar-refractivity contribution is 5.98. The molecular weight excluding hydrogens is 793 g/mol. The molecule has 0 radical (unpaired) electrons. The van der Waals surface area contributed by atoms with Gasteiger partial charge in [0.05, 0.1) is 28.2 Å². The molecule has 0 amide bonds. The second-order valence-corrected chi connectivity index (χ2v) is 17.5. The van der Waals surface area contributed by atoms with E-state index in [0.29, 0.717) is 0 Å². The van der Waals surface area contributed by atoms with Crippen LogP contribution in [0.5, 0.6) is 17.2 Å². The normalized spacial score (nSPS) is 15.4. The summed E-state index contributed by atoms with van der Waals surface area (Å²) in [5.41, 5.74) is 18.9. The number of para-hydroxylation sites is 6.